The van der Waals surface area contributed by atoms with E-state index in [9.17, 15) is 4.79 Å². The highest BCUT2D eigenvalue weighted by Crippen LogP contribution is 2.38. The lowest BCUT2D eigenvalue weighted by atomic mass is 9.83. The van der Waals surface area contributed by atoms with Gasteiger partial charge in [-0.1, -0.05) is 43.5 Å². The summed E-state index contributed by atoms with van der Waals surface area (Å²) < 4.78 is 14.0. The number of hydroxylamine groups is 1. The molecule has 13 nitrogen and oxygen atoms in total. The summed E-state index contributed by atoms with van der Waals surface area (Å²) in [5.41, 5.74) is 5.45. The highest BCUT2D eigenvalue weighted by atomic mass is 35.5. The lowest BCUT2D eigenvalue weighted by Crippen LogP contribution is -2.41. The van der Waals surface area contributed by atoms with Crippen molar-refractivity contribution in [1.82, 2.24) is 40.5 Å². The van der Waals surface area contributed by atoms with Gasteiger partial charge in [0.1, 0.15) is 17.3 Å². The molecule has 4 aromatic rings. The van der Waals surface area contributed by atoms with Crippen LogP contribution in [-0.4, -0.2) is 55.6 Å². The van der Waals surface area contributed by atoms with Gasteiger partial charge in [0.15, 0.2) is 17.6 Å². The van der Waals surface area contributed by atoms with Crippen molar-refractivity contribution in [3.05, 3.63) is 46.9 Å². The summed E-state index contributed by atoms with van der Waals surface area (Å²) in [6.45, 7) is 6.35. The van der Waals surface area contributed by atoms with Crippen molar-refractivity contribution >= 4 is 34.8 Å². The van der Waals surface area contributed by atoms with Crippen LogP contribution in [-0.2, 0) is 16.1 Å². The Bertz CT molecular complexity index is 1620. The minimum absolute atomic E-state index is 0.312. The molecule has 3 aliphatic rings. The maximum absolute atomic E-state index is 11.8. The molecular formula is C28H32ClN9O4. The molecular weight excluding hydrogens is 562 g/mol. The van der Waals surface area contributed by atoms with Crippen LogP contribution in [0, 0.1) is 18.8 Å². The van der Waals surface area contributed by atoms with Gasteiger partial charge < -0.3 is 23.5 Å². The van der Waals surface area contributed by atoms with Crippen molar-refractivity contribution in [2.75, 3.05) is 24.7 Å². The number of hydrogen-bond donors (Lipinski definition) is 2. The Labute approximate surface area is 246 Å². The number of carbonyl (C=O) groups is 1. The molecule has 3 fully saturated rings. The lowest BCUT2D eigenvalue weighted by molar-refractivity contribution is 0.0843. The Morgan fingerprint density at radius 3 is 2.71 bits per heavy atom. The third-order valence-corrected chi connectivity index (χ3v) is 8.51. The molecule has 5 heterocycles. The fourth-order valence-corrected chi connectivity index (χ4v) is 6.26. The summed E-state index contributed by atoms with van der Waals surface area (Å²) in [6.07, 6.45) is 3.33. The molecule has 42 heavy (non-hydrogen) atoms. The summed E-state index contributed by atoms with van der Waals surface area (Å²) in [5.74, 6) is 3.24. The fraction of sp³-hybridized carbons (Fsp3) is 0.500. The first-order chi connectivity index (χ1) is 20.4. The molecule has 0 spiro atoms. The smallest absolute Gasteiger partial charge is 0.423 e. The second-order valence-electron chi connectivity index (χ2n) is 11.3. The van der Waals surface area contributed by atoms with Crippen molar-refractivity contribution in [2.45, 2.75) is 58.3 Å². The van der Waals surface area contributed by atoms with Crippen molar-refractivity contribution in [1.29, 1.82) is 0 Å². The van der Waals surface area contributed by atoms with Gasteiger partial charge in [-0.3, -0.25) is 5.32 Å². The molecule has 2 aliphatic heterocycles. The number of morpholine rings is 1. The van der Waals surface area contributed by atoms with E-state index in [-0.39, 0.29) is 6.04 Å². The summed E-state index contributed by atoms with van der Waals surface area (Å²) in [4.78, 5) is 33.9. The molecule has 7 rings (SSSR count). The Kier molecular flexibility index (Phi) is 7.16. The number of nitrogens with one attached hydrogen (secondary N) is 2. The minimum atomic E-state index is -0.731. The van der Waals surface area contributed by atoms with Crippen molar-refractivity contribution in [3.8, 4) is 11.3 Å². The molecule has 14 heteroatoms. The number of imidazole rings is 1. The van der Waals surface area contributed by atoms with E-state index in [2.05, 4.69) is 37.4 Å². The molecule has 2 atom stereocenters. The van der Waals surface area contributed by atoms with Gasteiger partial charge in [0.25, 0.3) is 0 Å². The summed E-state index contributed by atoms with van der Waals surface area (Å²) in [7, 11) is 0. The van der Waals surface area contributed by atoms with Gasteiger partial charge >= 0.3 is 6.09 Å². The van der Waals surface area contributed by atoms with Crippen LogP contribution in [0.1, 0.15) is 62.4 Å². The van der Waals surface area contributed by atoms with Crippen LogP contribution < -0.4 is 15.7 Å². The highest BCUT2D eigenvalue weighted by Gasteiger charge is 2.35. The number of benzene rings is 1. The van der Waals surface area contributed by atoms with E-state index in [1.165, 1.54) is 12.8 Å². The maximum atomic E-state index is 11.8. The molecule has 1 aromatic carbocycles. The van der Waals surface area contributed by atoms with Crippen LogP contribution in [0.15, 0.2) is 28.7 Å². The first-order valence-corrected chi connectivity index (χ1v) is 14.7. The predicted octanol–water partition coefficient (Wildman–Crippen LogP) is 4.49. The summed E-state index contributed by atoms with van der Waals surface area (Å²) in [6, 6.07) is 7.25. The van der Waals surface area contributed by atoms with Crippen molar-refractivity contribution < 1.29 is 18.8 Å². The molecule has 3 aromatic heterocycles. The number of hydrogen-bond acceptors (Lipinski definition) is 11. The summed E-state index contributed by atoms with van der Waals surface area (Å²) in [5, 5.41) is 11.7. The molecule has 1 unspecified atom stereocenters. The van der Waals surface area contributed by atoms with Crippen LogP contribution >= 0.6 is 11.6 Å². The Balaban J connectivity index is 1.42. The number of carbonyl (C=O) groups excluding carboxylic acids is 1. The normalized spacial score (nSPS) is 24.6. The first kappa shape index (κ1) is 27.0. The van der Waals surface area contributed by atoms with Crippen LogP contribution in [0.3, 0.4) is 0 Å². The Hall–Kier alpha value is -3.81. The average Bonchev–Trinajstić information content (AvgIpc) is 3.72. The number of aromatic nitrogens is 6. The zero-order valence-corrected chi connectivity index (χ0v) is 24.2. The largest absolute Gasteiger partial charge is 0.427 e. The molecule has 1 amide bonds. The second-order valence-corrected chi connectivity index (χ2v) is 11.7. The van der Waals surface area contributed by atoms with Gasteiger partial charge in [0.2, 0.25) is 17.7 Å². The van der Waals surface area contributed by atoms with Gasteiger partial charge in [0, 0.05) is 30.6 Å². The first-order valence-electron chi connectivity index (χ1n) is 14.3. The highest BCUT2D eigenvalue weighted by molar-refractivity contribution is 6.30. The van der Waals surface area contributed by atoms with E-state index < -0.39 is 12.3 Å². The fourth-order valence-electron chi connectivity index (χ4n) is 6.07. The Morgan fingerprint density at radius 2 is 1.98 bits per heavy atom. The van der Waals surface area contributed by atoms with Gasteiger partial charge in [0.05, 0.1) is 13.2 Å². The van der Waals surface area contributed by atoms with E-state index in [0.29, 0.717) is 59.6 Å². The van der Waals surface area contributed by atoms with E-state index in [1.54, 1.807) is 6.92 Å². The maximum Gasteiger partial charge on any atom is 0.427 e. The number of aryl methyl sites for hydroxylation is 1. The molecule has 1 aliphatic carbocycles. The third-order valence-electron chi connectivity index (χ3n) is 8.28. The molecule has 2 saturated heterocycles. The van der Waals surface area contributed by atoms with E-state index >= 15 is 0 Å². The molecule has 0 radical (unpaired) electrons. The van der Waals surface area contributed by atoms with Crippen LogP contribution in [0.4, 0.5) is 10.7 Å². The van der Waals surface area contributed by atoms with Gasteiger partial charge in [-0.15, -0.1) is 15.7 Å². The lowest BCUT2D eigenvalue weighted by Gasteiger charge is -2.35. The van der Waals surface area contributed by atoms with Gasteiger partial charge in [-0.25, -0.2) is 14.8 Å². The Morgan fingerprint density at radius 1 is 1.12 bits per heavy atom. The monoisotopic (exact) mass is 593 g/mol. The van der Waals surface area contributed by atoms with E-state index in [1.807, 2.05) is 24.3 Å². The average molecular weight is 594 g/mol. The molecule has 0 bridgehead atoms. The van der Waals surface area contributed by atoms with Gasteiger partial charge in [-0.2, -0.15) is 4.98 Å². The zero-order valence-electron chi connectivity index (χ0n) is 23.4. The molecule has 2 N–H and O–H groups in total. The standard InChI is InChI=1S/C28H32ClN9O4/c1-15-6-8-17(9-7-15)13-38-22-21(18-4-3-5-19(29)12-18)30-24(25-33-28(39)42-36-25)31-23(22)32-27(38)37-10-11-40-14-20(37)26-35-34-16(2)41-26/h3-5,12,15,17,20,25,36H,6-11,13-14H2,1-2H3,(H,33,39)/t15?,17?,20-,25?/m0/s1. The van der Waals surface area contributed by atoms with Crippen LogP contribution in [0.25, 0.3) is 22.4 Å². The predicted molar refractivity (Wildman–Crippen MR) is 152 cm³/mol. The van der Waals surface area contributed by atoms with E-state index in [0.717, 1.165) is 42.3 Å². The SMILES string of the molecule is Cc1nnc([C@@H]2COCCN2c2nc3nc(C4NOC(=O)N4)nc(-c4cccc(Cl)c4)c3n2CC2CCC(C)CC2)o1. The van der Waals surface area contributed by atoms with E-state index in [4.69, 9.17) is 40.5 Å². The number of ether oxygens (including phenoxy) is 1. The topological polar surface area (TPSA) is 145 Å². The van der Waals surface area contributed by atoms with Crippen molar-refractivity contribution in [3.63, 3.8) is 0 Å². The van der Waals surface area contributed by atoms with Crippen LogP contribution in [0.5, 0.6) is 0 Å². The second kappa shape index (κ2) is 11.1. The van der Waals surface area contributed by atoms with Gasteiger partial charge in [-0.05, 0) is 36.8 Å². The zero-order chi connectivity index (χ0) is 28.8. The molecule has 220 valence electrons. The number of nitrogens with zero attached hydrogens (tertiary/aromatic N) is 7. The number of fused-ring (bicyclic) bond motifs is 1. The quantitative estimate of drug-likeness (QED) is 0.326. The minimum Gasteiger partial charge on any atom is -0.423 e. The number of halogens is 1. The molecule has 1 saturated carbocycles. The number of rotatable bonds is 6. The van der Waals surface area contributed by atoms with Crippen molar-refractivity contribution in [2.24, 2.45) is 11.8 Å². The summed E-state index contributed by atoms with van der Waals surface area (Å²) >= 11 is 6.46. The number of anilines is 1. The van der Waals surface area contributed by atoms with Crippen LogP contribution in [0.2, 0.25) is 5.02 Å². The number of amides is 1. The third kappa shape index (κ3) is 5.16.